The molecule has 1 N–H and O–H groups in total. The molecule has 0 aliphatic carbocycles. The van der Waals surface area contributed by atoms with Crippen LogP contribution in [0.3, 0.4) is 0 Å². The first-order valence-electron chi connectivity index (χ1n) is 7.25. The summed E-state index contributed by atoms with van der Waals surface area (Å²) in [5.41, 5.74) is 1.65. The minimum atomic E-state index is -0.165. The lowest BCUT2D eigenvalue weighted by atomic mass is 10.2. The molecule has 1 atom stereocenters. The first-order valence-corrected chi connectivity index (χ1v) is 7.25. The lowest BCUT2D eigenvalue weighted by Gasteiger charge is -2.17. The summed E-state index contributed by atoms with van der Waals surface area (Å²) in [4.78, 5) is 29.8. The fourth-order valence-corrected chi connectivity index (χ4v) is 2.60. The Morgan fingerprint density at radius 3 is 2.64 bits per heavy atom. The van der Waals surface area contributed by atoms with Crippen LogP contribution in [0.15, 0.2) is 54.9 Å². The highest BCUT2D eigenvalue weighted by atomic mass is 16.2. The van der Waals surface area contributed by atoms with Crippen molar-refractivity contribution in [2.24, 2.45) is 0 Å². The van der Waals surface area contributed by atoms with E-state index in [0.29, 0.717) is 25.1 Å². The van der Waals surface area contributed by atoms with Gasteiger partial charge in [0.2, 0.25) is 5.91 Å². The molecular formula is C17H17N3O2. The number of likely N-dealkylation sites (tertiary alicyclic amines) is 1. The Morgan fingerprint density at radius 1 is 1.18 bits per heavy atom. The molecule has 0 spiro atoms. The molecule has 112 valence electrons. The smallest absolute Gasteiger partial charge is 0.251 e. The van der Waals surface area contributed by atoms with Gasteiger partial charge in [-0.15, -0.1) is 0 Å². The number of hydrogen-bond acceptors (Lipinski definition) is 3. The zero-order chi connectivity index (χ0) is 15.4. The number of nitrogens with zero attached hydrogens (tertiary/aromatic N) is 2. The average molecular weight is 295 g/mol. The Balaban J connectivity index is 1.59. The second-order valence-corrected chi connectivity index (χ2v) is 5.37. The molecule has 2 heterocycles. The maximum atomic E-state index is 12.1. The monoisotopic (exact) mass is 295 g/mol. The SMILES string of the molecule is O=C(NC1CC(=O)N(Cc2ccccc2)C1)c1ccncc1. The van der Waals surface area contributed by atoms with Crippen molar-refractivity contribution < 1.29 is 9.59 Å². The van der Waals surface area contributed by atoms with E-state index in [9.17, 15) is 9.59 Å². The second kappa shape index (κ2) is 6.39. The highest BCUT2D eigenvalue weighted by molar-refractivity contribution is 5.94. The molecule has 0 saturated carbocycles. The molecule has 1 aliphatic rings. The minimum Gasteiger partial charge on any atom is -0.347 e. The van der Waals surface area contributed by atoms with E-state index in [1.54, 1.807) is 29.4 Å². The van der Waals surface area contributed by atoms with Crippen LogP contribution in [0.25, 0.3) is 0 Å². The topological polar surface area (TPSA) is 62.3 Å². The van der Waals surface area contributed by atoms with Crippen molar-refractivity contribution in [2.45, 2.75) is 19.0 Å². The molecule has 1 fully saturated rings. The second-order valence-electron chi connectivity index (χ2n) is 5.37. The first-order chi connectivity index (χ1) is 10.7. The molecule has 2 amide bonds. The van der Waals surface area contributed by atoms with Crippen LogP contribution in [0, 0.1) is 0 Å². The lowest BCUT2D eigenvalue weighted by Crippen LogP contribution is -2.37. The summed E-state index contributed by atoms with van der Waals surface area (Å²) < 4.78 is 0. The number of amides is 2. The van der Waals surface area contributed by atoms with E-state index in [2.05, 4.69) is 10.3 Å². The van der Waals surface area contributed by atoms with Gasteiger partial charge in [0.1, 0.15) is 0 Å². The number of aromatic nitrogens is 1. The zero-order valence-corrected chi connectivity index (χ0v) is 12.1. The van der Waals surface area contributed by atoms with E-state index >= 15 is 0 Å². The van der Waals surface area contributed by atoms with E-state index in [4.69, 9.17) is 0 Å². The molecule has 0 radical (unpaired) electrons. The highest BCUT2D eigenvalue weighted by Gasteiger charge is 2.30. The summed E-state index contributed by atoms with van der Waals surface area (Å²) in [6, 6.07) is 13.0. The van der Waals surface area contributed by atoms with Gasteiger partial charge >= 0.3 is 0 Å². The third-order valence-electron chi connectivity index (χ3n) is 3.71. The van der Waals surface area contributed by atoms with E-state index in [1.165, 1.54) is 0 Å². The van der Waals surface area contributed by atoms with Gasteiger partial charge in [-0.2, -0.15) is 0 Å². The van der Waals surface area contributed by atoms with Crippen molar-refractivity contribution in [3.8, 4) is 0 Å². The molecule has 1 unspecified atom stereocenters. The van der Waals surface area contributed by atoms with Gasteiger partial charge in [0.25, 0.3) is 5.91 Å². The summed E-state index contributed by atoms with van der Waals surface area (Å²) in [5.74, 6) is -0.0920. The molecule has 0 bridgehead atoms. The predicted octanol–water partition coefficient (Wildman–Crippen LogP) is 1.61. The Labute approximate surface area is 129 Å². The predicted molar refractivity (Wildman–Crippen MR) is 82.0 cm³/mol. The van der Waals surface area contributed by atoms with Crippen LogP contribution in [-0.2, 0) is 11.3 Å². The maximum Gasteiger partial charge on any atom is 0.251 e. The van der Waals surface area contributed by atoms with Gasteiger partial charge in [0.05, 0.1) is 6.04 Å². The van der Waals surface area contributed by atoms with Crippen LogP contribution >= 0.6 is 0 Å². The fourth-order valence-electron chi connectivity index (χ4n) is 2.60. The Bertz CT molecular complexity index is 658. The summed E-state index contributed by atoms with van der Waals surface area (Å²) >= 11 is 0. The standard InChI is InChI=1S/C17H17N3O2/c21-16-10-15(19-17(22)14-6-8-18-9-7-14)12-20(16)11-13-4-2-1-3-5-13/h1-9,15H,10-12H2,(H,19,22). The maximum absolute atomic E-state index is 12.1. The highest BCUT2D eigenvalue weighted by Crippen LogP contribution is 2.15. The third-order valence-corrected chi connectivity index (χ3v) is 3.71. The summed E-state index contributed by atoms with van der Waals surface area (Å²) in [6.07, 6.45) is 3.51. The van der Waals surface area contributed by atoms with Crippen LogP contribution < -0.4 is 5.32 Å². The van der Waals surface area contributed by atoms with Gasteiger partial charge in [-0.25, -0.2) is 0 Å². The van der Waals surface area contributed by atoms with E-state index in [0.717, 1.165) is 5.56 Å². The average Bonchev–Trinajstić information content (AvgIpc) is 2.88. The van der Waals surface area contributed by atoms with Crippen molar-refractivity contribution in [3.05, 3.63) is 66.0 Å². The molecule has 5 nitrogen and oxygen atoms in total. The number of pyridine rings is 1. The number of hydrogen-bond donors (Lipinski definition) is 1. The molecule has 5 heteroatoms. The van der Waals surface area contributed by atoms with Crippen molar-refractivity contribution in [3.63, 3.8) is 0 Å². The van der Waals surface area contributed by atoms with Crippen LogP contribution in [0.1, 0.15) is 22.3 Å². The summed E-state index contributed by atoms with van der Waals surface area (Å²) in [5, 5.41) is 2.91. The quantitative estimate of drug-likeness (QED) is 0.932. The molecule has 1 saturated heterocycles. The number of rotatable bonds is 4. The number of carbonyl (C=O) groups excluding carboxylic acids is 2. The van der Waals surface area contributed by atoms with Crippen LogP contribution in [0.2, 0.25) is 0 Å². The van der Waals surface area contributed by atoms with Crippen molar-refractivity contribution >= 4 is 11.8 Å². The molecule has 1 aliphatic heterocycles. The van der Waals surface area contributed by atoms with E-state index < -0.39 is 0 Å². The first kappa shape index (κ1) is 14.3. The lowest BCUT2D eigenvalue weighted by molar-refractivity contribution is -0.128. The fraction of sp³-hybridized carbons (Fsp3) is 0.235. The molecule has 1 aromatic carbocycles. The molecule has 3 rings (SSSR count). The molecule has 2 aromatic rings. The summed E-state index contributed by atoms with van der Waals surface area (Å²) in [6.45, 7) is 1.13. The third kappa shape index (κ3) is 3.31. The van der Waals surface area contributed by atoms with Gasteiger partial charge in [0, 0.05) is 37.5 Å². The van der Waals surface area contributed by atoms with Crippen LogP contribution in [0.5, 0.6) is 0 Å². The Hall–Kier alpha value is -2.69. The number of benzene rings is 1. The van der Waals surface area contributed by atoms with Crippen LogP contribution in [0.4, 0.5) is 0 Å². The van der Waals surface area contributed by atoms with Crippen molar-refractivity contribution in [1.29, 1.82) is 0 Å². The molecular weight excluding hydrogens is 278 g/mol. The Morgan fingerprint density at radius 2 is 1.91 bits per heavy atom. The van der Waals surface area contributed by atoms with E-state index in [-0.39, 0.29) is 17.9 Å². The Kier molecular flexibility index (Phi) is 4.14. The molecule has 1 aromatic heterocycles. The summed E-state index contributed by atoms with van der Waals surface area (Å²) in [7, 11) is 0. The zero-order valence-electron chi connectivity index (χ0n) is 12.1. The van der Waals surface area contributed by atoms with Crippen LogP contribution in [-0.4, -0.2) is 34.3 Å². The van der Waals surface area contributed by atoms with Gasteiger partial charge in [-0.05, 0) is 17.7 Å². The largest absolute Gasteiger partial charge is 0.347 e. The number of nitrogens with one attached hydrogen (secondary N) is 1. The van der Waals surface area contributed by atoms with Crippen molar-refractivity contribution in [1.82, 2.24) is 15.2 Å². The normalized spacial score (nSPS) is 17.5. The van der Waals surface area contributed by atoms with E-state index in [1.807, 2.05) is 30.3 Å². The van der Waals surface area contributed by atoms with Crippen molar-refractivity contribution in [2.75, 3.05) is 6.54 Å². The van der Waals surface area contributed by atoms with Gasteiger partial charge in [0.15, 0.2) is 0 Å². The number of carbonyl (C=O) groups is 2. The minimum absolute atomic E-state index is 0.0730. The van der Waals surface area contributed by atoms with Gasteiger partial charge in [-0.3, -0.25) is 14.6 Å². The van der Waals surface area contributed by atoms with Gasteiger partial charge < -0.3 is 10.2 Å². The van der Waals surface area contributed by atoms with Gasteiger partial charge in [-0.1, -0.05) is 30.3 Å². The molecule has 22 heavy (non-hydrogen) atoms.